The number of halogens is 1. The zero-order chi connectivity index (χ0) is 23.0. The van der Waals surface area contributed by atoms with Crippen molar-refractivity contribution < 1.29 is 17.3 Å². The molecule has 0 aliphatic heterocycles. The molecule has 1 aromatic carbocycles. The van der Waals surface area contributed by atoms with Gasteiger partial charge in [-0.05, 0) is 45.1 Å². The van der Waals surface area contributed by atoms with Crippen molar-refractivity contribution in [2.45, 2.75) is 142 Å². The maximum absolute atomic E-state index is 2.32. The third-order valence-electron chi connectivity index (χ3n) is 7.34. The van der Waals surface area contributed by atoms with E-state index in [1.165, 1.54) is 154 Å². The molecule has 0 atom stereocenters. The van der Waals surface area contributed by atoms with Crippen LogP contribution in [0.2, 0.25) is 0 Å². The summed E-state index contributed by atoms with van der Waals surface area (Å²) in [5.41, 5.74) is 1.50. The van der Waals surface area contributed by atoms with E-state index in [-0.39, 0.29) is 12.4 Å². The van der Waals surface area contributed by atoms with E-state index in [4.69, 9.17) is 0 Å². The number of benzene rings is 1. The number of quaternary nitrogens is 1. The van der Waals surface area contributed by atoms with E-state index < -0.39 is 0 Å². The highest BCUT2D eigenvalue weighted by molar-refractivity contribution is 5.14. The van der Waals surface area contributed by atoms with Gasteiger partial charge in [-0.1, -0.05) is 133 Å². The first-order chi connectivity index (χ1) is 15.9. The van der Waals surface area contributed by atoms with Crippen molar-refractivity contribution in [2.24, 2.45) is 0 Å². The average Bonchev–Trinajstić information content (AvgIpc) is 2.83. The molecule has 0 aliphatic rings. The standard InChI is InChI=1S/C31H57N.ClH/c1-3-32(4-2)30-26-21-19-17-15-13-11-9-7-5-6-8-10-12-14-16-18-20-23-27-31-28-24-22-25-29-31;/h22,24-25,28-29H,3-21,23,26-27,30H2,1-2H3;1H. The van der Waals surface area contributed by atoms with Gasteiger partial charge < -0.3 is 17.3 Å². The minimum Gasteiger partial charge on any atom is -1.00 e. The third-order valence-corrected chi connectivity index (χ3v) is 7.34. The molecule has 0 saturated heterocycles. The predicted octanol–water partition coefficient (Wildman–Crippen LogP) is 5.57. The van der Waals surface area contributed by atoms with Crippen molar-refractivity contribution in [1.82, 2.24) is 0 Å². The molecular weight excluding hydrogens is 422 g/mol. The first-order valence-corrected chi connectivity index (χ1v) is 14.7. The third kappa shape index (κ3) is 21.7. The summed E-state index contributed by atoms with van der Waals surface area (Å²) >= 11 is 0. The van der Waals surface area contributed by atoms with Crippen LogP contribution in [-0.4, -0.2) is 19.6 Å². The number of unbranched alkanes of at least 4 members (excludes halogenated alkanes) is 18. The lowest BCUT2D eigenvalue weighted by atomic mass is 10.0. The van der Waals surface area contributed by atoms with Crippen molar-refractivity contribution in [2.75, 3.05) is 19.6 Å². The lowest BCUT2D eigenvalue weighted by Gasteiger charge is -2.14. The van der Waals surface area contributed by atoms with Crippen molar-refractivity contribution in [3.63, 3.8) is 0 Å². The Morgan fingerprint density at radius 3 is 1.15 bits per heavy atom. The van der Waals surface area contributed by atoms with Crippen molar-refractivity contribution in [1.29, 1.82) is 0 Å². The summed E-state index contributed by atoms with van der Waals surface area (Å²) in [5.74, 6) is 0. The highest BCUT2D eigenvalue weighted by Crippen LogP contribution is 2.15. The molecule has 0 spiro atoms. The monoisotopic (exact) mass is 479 g/mol. The minimum atomic E-state index is 0. The molecule has 0 amide bonds. The molecule has 1 N–H and O–H groups in total. The van der Waals surface area contributed by atoms with Gasteiger partial charge in [0, 0.05) is 0 Å². The molecule has 0 saturated carbocycles. The highest BCUT2D eigenvalue weighted by Gasteiger charge is 2.01. The summed E-state index contributed by atoms with van der Waals surface area (Å²) in [4.78, 5) is 1.77. The molecule has 0 heterocycles. The maximum atomic E-state index is 2.32. The fourth-order valence-corrected chi connectivity index (χ4v) is 4.96. The Kier molecular flexibility index (Phi) is 25.7. The van der Waals surface area contributed by atoms with Gasteiger partial charge in [0.15, 0.2) is 0 Å². The molecule has 33 heavy (non-hydrogen) atoms. The van der Waals surface area contributed by atoms with Gasteiger partial charge in [0.25, 0.3) is 0 Å². The highest BCUT2D eigenvalue weighted by atomic mass is 35.5. The van der Waals surface area contributed by atoms with Crippen molar-refractivity contribution in [3.8, 4) is 0 Å². The number of hydrogen-bond acceptors (Lipinski definition) is 0. The Balaban J connectivity index is 0.0000102. The molecule has 1 aromatic rings. The second-order valence-electron chi connectivity index (χ2n) is 10.2. The van der Waals surface area contributed by atoms with Crippen LogP contribution in [0.25, 0.3) is 0 Å². The molecule has 0 aromatic heterocycles. The van der Waals surface area contributed by atoms with Crippen LogP contribution in [0.1, 0.15) is 141 Å². The van der Waals surface area contributed by atoms with Crippen LogP contribution in [0.3, 0.4) is 0 Å². The Hall–Kier alpha value is -0.530. The first kappa shape index (κ1) is 32.5. The van der Waals surface area contributed by atoms with Crippen LogP contribution >= 0.6 is 0 Å². The molecular formula is C31H58ClN. The predicted molar refractivity (Wildman–Crippen MR) is 145 cm³/mol. The Labute approximate surface area is 214 Å². The molecule has 194 valence electrons. The zero-order valence-corrected chi connectivity index (χ0v) is 23.3. The van der Waals surface area contributed by atoms with E-state index in [2.05, 4.69) is 44.2 Å². The summed E-state index contributed by atoms with van der Waals surface area (Å²) in [6, 6.07) is 11.0. The minimum absolute atomic E-state index is 0. The van der Waals surface area contributed by atoms with Crippen molar-refractivity contribution in [3.05, 3.63) is 35.9 Å². The smallest absolute Gasteiger partial charge is 0.0770 e. The van der Waals surface area contributed by atoms with Gasteiger partial charge in [-0.3, -0.25) is 0 Å². The summed E-state index contributed by atoms with van der Waals surface area (Å²) in [6.45, 7) is 8.62. The van der Waals surface area contributed by atoms with Crippen molar-refractivity contribution >= 4 is 0 Å². The van der Waals surface area contributed by atoms with E-state index in [0.717, 1.165) is 0 Å². The first-order valence-electron chi connectivity index (χ1n) is 14.7. The number of nitrogens with one attached hydrogen (secondary N) is 1. The van der Waals surface area contributed by atoms with Crippen LogP contribution in [0.4, 0.5) is 0 Å². The average molecular weight is 480 g/mol. The molecule has 0 radical (unpaired) electrons. The van der Waals surface area contributed by atoms with Gasteiger partial charge in [0.1, 0.15) is 0 Å². The van der Waals surface area contributed by atoms with Gasteiger partial charge in [0.2, 0.25) is 0 Å². The normalized spacial score (nSPS) is 11.1. The molecule has 2 heteroatoms. The second kappa shape index (κ2) is 26.1. The van der Waals surface area contributed by atoms with Crippen LogP contribution in [0.5, 0.6) is 0 Å². The molecule has 0 fully saturated rings. The topological polar surface area (TPSA) is 4.44 Å². The van der Waals surface area contributed by atoms with E-state index in [9.17, 15) is 0 Å². The second-order valence-corrected chi connectivity index (χ2v) is 10.2. The Bertz CT molecular complexity index is 471. The van der Waals surface area contributed by atoms with Gasteiger partial charge in [-0.2, -0.15) is 0 Å². The number of hydrogen-bond donors (Lipinski definition) is 1. The largest absolute Gasteiger partial charge is 1.00 e. The molecule has 0 unspecified atom stereocenters. The summed E-state index contributed by atoms with van der Waals surface area (Å²) in [7, 11) is 0. The summed E-state index contributed by atoms with van der Waals surface area (Å²) < 4.78 is 0. The SMILES string of the molecule is CC[NH+](CC)CCCCCCCCCCCCCCCCCCCCCc1ccccc1.[Cl-]. The van der Waals surface area contributed by atoms with Gasteiger partial charge in [-0.15, -0.1) is 0 Å². The molecule has 1 rings (SSSR count). The number of aryl methyl sites for hydroxylation is 1. The summed E-state index contributed by atoms with van der Waals surface area (Å²) in [6.07, 6.45) is 29.0. The fourth-order valence-electron chi connectivity index (χ4n) is 4.96. The van der Waals surface area contributed by atoms with E-state index >= 15 is 0 Å². The quantitative estimate of drug-likeness (QED) is 0.185. The van der Waals surface area contributed by atoms with Crippen LogP contribution in [-0.2, 0) is 6.42 Å². The van der Waals surface area contributed by atoms with Gasteiger partial charge >= 0.3 is 0 Å². The Morgan fingerprint density at radius 2 is 0.788 bits per heavy atom. The molecule has 0 bridgehead atoms. The molecule has 1 nitrogen and oxygen atoms in total. The van der Waals surface area contributed by atoms with Crippen LogP contribution in [0.15, 0.2) is 30.3 Å². The fraction of sp³-hybridized carbons (Fsp3) is 0.806. The van der Waals surface area contributed by atoms with Gasteiger partial charge in [0.05, 0.1) is 19.6 Å². The maximum Gasteiger partial charge on any atom is 0.0770 e. The number of rotatable bonds is 24. The van der Waals surface area contributed by atoms with E-state index in [0.29, 0.717) is 0 Å². The zero-order valence-electron chi connectivity index (χ0n) is 22.5. The van der Waals surface area contributed by atoms with Gasteiger partial charge in [-0.25, -0.2) is 0 Å². The van der Waals surface area contributed by atoms with E-state index in [1.54, 1.807) is 4.90 Å². The molecule has 0 aliphatic carbocycles. The Morgan fingerprint density at radius 1 is 0.455 bits per heavy atom. The lowest BCUT2D eigenvalue weighted by molar-refractivity contribution is -0.896. The van der Waals surface area contributed by atoms with Crippen LogP contribution in [0, 0.1) is 0 Å². The lowest BCUT2D eigenvalue weighted by Crippen LogP contribution is -3.11. The van der Waals surface area contributed by atoms with Crippen LogP contribution < -0.4 is 17.3 Å². The summed E-state index contributed by atoms with van der Waals surface area (Å²) in [5, 5.41) is 0. The van der Waals surface area contributed by atoms with E-state index in [1.807, 2.05) is 0 Å².